The molecular formula is C25H29ClN4O3. The Balaban J connectivity index is 1.86. The lowest BCUT2D eigenvalue weighted by molar-refractivity contribution is -0.128. The molecular weight excluding hydrogens is 440 g/mol. The third-order valence-corrected chi connectivity index (χ3v) is 5.18. The van der Waals surface area contributed by atoms with Crippen LogP contribution in [0.4, 0.5) is 0 Å². The summed E-state index contributed by atoms with van der Waals surface area (Å²) in [5, 5.41) is 0.448. The molecule has 0 aliphatic heterocycles. The van der Waals surface area contributed by atoms with E-state index in [0.29, 0.717) is 47.2 Å². The maximum absolute atomic E-state index is 12.3. The van der Waals surface area contributed by atoms with E-state index in [2.05, 4.69) is 35.7 Å². The van der Waals surface area contributed by atoms with Crippen molar-refractivity contribution in [3.63, 3.8) is 0 Å². The maximum atomic E-state index is 12.3. The van der Waals surface area contributed by atoms with Crippen LogP contribution in [-0.4, -0.2) is 46.5 Å². The zero-order valence-corrected chi connectivity index (χ0v) is 20.4. The number of halogens is 1. The summed E-state index contributed by atoms with van der Waals surface area (Å²) in [4.78, 5) is 37.0. The number of carbonyl (C=O) groups excluding carboxylic acids is 1. The topological polar surface area (TPSA) is 88.2 Å². The summed E-state index contributed by atoms with van der Waals surface area (Å²) in [6, 6.07) is 12.8. The summed E-state index contributed by atoms with van der Waals surface area (Å²) < 4.78 is 5.81. The molecule has 0 aliphatic rings. The lowest BCUT2D eigenvalue weighted by atomic mass is 9.99. The molecule has 7 nitrogen and oxygen atoms in total. The number of nitrogens with zero attached hydrogens (tertiary/aromatic N) is 3. The predicted molar refractivity (Wildman–Crippen MR) is 130 cm³/mol. The molecule has 2 aromatic carbocycles. The first-order chi connectivity index (χ1) is 15.5. The first kappa shape index (κ1) is 24.5. The molecule has 0 unspecified atom stereocenters. The van der Waals surface area contributed by atoms with Gasteiger partial charge in [-0.1, -0.05) is 38.4 Å². The van der Waals surface area contributed by atoms with Crippen molar-refractivity contribution >= 4 is 17.5 Å². The van der Waals surface area contributed by atoms with Gasteiger partial charge in [0.1, 0.15) is 11.6 Å². The standard InChI is InChI=1S/C25H29ClN4O3/c1-25(2,3)15-33-18-10-8-17(9-11-18)22-27-23(29-24(32)28-22)19-14-16(6-12-20(19)26)7-13-21(31)30(4)5/h6,8-12,14H,7,13,15H2,1-5H3,(H,27,28,29,32). The van der Waals surface area contributed by atoms with Crippen LogP contribution in [0.2, 0.25) is 5.02 Å². The molecule has 0 atom stereocenters. The Morgan fingerprint density at radius 2 is 1.79 bits per heavy atom. The van der Waals surface area contributed by atoms with Crippen LogP contribution in [-0.2, 0) is 11.2 Å². The zero-order valence-electron chi connectivity index (χ0n) is 19.6. The Morgan fingerprint density at radius 3 is 2.42 bits per heavy atom. The Hall–Kier alpha value is -3.19. The van der Waals surface area contributed by atoms with Gasteiger partial charge in [0.15, 0.2) is 5.82 Å². The van der Waals surface area contributed by atoms with Gasteiger partial charge in [0.25, 0.3) is 0 Å². The molecule has 0 bridgehead atoms. The highest BCUT2D eigenvalue weighted by molar-refractivity contribution is 6.33. The summed E-state index contributed by atoms with van der Waals surface area (Å²) in [6.45, 7) is 6.90. The number of ether oxygens (including phenoxy) is 1. The van der Waals surface area contributed by atoms with Crippen LogP contribution in [0.15, 0.2) is 47.3 Å². The number of carbonyl (C=O) groups is 1. The van der Waals surface area contributed by atoms with Gasteiger partial charge in [0.2, 0.25) is 5.91 Å². The minimum absolute atomic E-state index is 0.0409. The smallest absolute Gasteiger partial charge is 0.348 e. The molecule has 1 heterocycles. The molecule has 1 N–H and O–H groups in total. The van der Waals surface area contributed by atoms with Crippen molar-refractivity contribution < 1.29 is 9.53 Å². The fourth-order valence-electron chi connectivity index (χ4n) is 3.03. The van der Waals surface area contributed by atoms with E-state index in [1.807, 2.05) is 36.4 Å². The number of amides is 1. The fraction of sp³-hybridized carbons (Fsp3) is 0.360. The second-order valence-corrected chi connectivity index (χ2v) is 9.71. The Labute approximate surface area is 198 Å². The minimum atomic E-state index is -0.521. The number of aromatic nitrogens is 3. The van der Waals surface area contributed by atoms with Gasteiger partial charge < -0.3 is 9.64 Å². The number of aryl methyl sites for hydroxylation is 1. The molecule has 3 rings (SSSR count). The normalized spacial score (nSPS) is 11.3. The van der Waals surface area contributed by atoms with Crippen LogP contribution in [0, 0.1) is 5.41 Å². The first-order valence-corrected chi connectivity index (χ1v) is 11.1. The van der Waals surface area contributed by atoms with E-state index in [1.165, 1.54) is 0 Å². The lowest BCUT2D eigenvalue weighted by Crippen LogP contribution is -2.21. The van der Waals surface area contributed by atoms with Crippen molar-refractivity contribution in [2.75, 3.05) is 20.7 Å². The molecule has 0 spiro atoms. The number of H-pyrrole nitrogens is 1. The molecule has 0 saturated carbocycles. The summed E-state index contributed by atoms with van der Waals surface area (Å²) >= 11 is 6.41. The summed E-state index contributed by atoms with van der Waals surface area (Å²) in [5.74, 6) is 1.39. The predicted octanol–water partition coefficient (Wildman–Crippen LogP) is 4.60. The molecule has 0 fully saturated rings. The van der Waals surface area contributed by atoms with Crippen LogP contribution in [0.25, 0.3) is 22.8 Å². The average Bonchev–Trinajstić information content (AvgIpc) is 2.76. The molecule has 174 valence electrons. The average molecular weight is 469 g/mol. The van der Waals surface area contributed by atoms with E-state index in [4.69, 9.17) is 16.3 Å². The quantitative estimate of drug-likeness (QED) is 0.547. The van der Waals surface area contributed by atoms with Crippen LogP contribution in [0.1, 0.15) is 32.8 Å². The minimum Gasteiger partial charge on any atom is -0.493 e. The van der Waals surface area contributed by atoms with E-state index in [0.717, 1.165) is 11.3 Å². The van der Waals surface area contributed by atoms with Gasteiger partial charge in [0.05, 0.1) is 11.6 Å². The van der Waals surface area contributed by atoms with Crippen LogP contribution in [0.3, 0.4) is 0 Å². The fourth-order valence-corrected chi connectivity index (χ4v) is 3.23. The Morgan fingerprint density at radius 1 is 1.09 bits per heavy atom. The molecule has 0 radical (unpaired) electrons. The van der Waals surface area contributed by atoms with Crippen molar-refractivity contribution in [2.45, 2.75) is 33.6 Å². The molecule has 33 heavy (non-hydrogen) atoms. The van der Waals surface area contributed by atoms with E-state index in [9.17, 15) is 9.59 Å². The van der Waals surface area contributed by atoms with E-state index >= 15 is 0 Å². The number of hydrogen-bond acceptors (Lipinski definition) is 5. The number of benzene rings is 2. The van der Waals surface area contributed by atoms with Gasteiger partial charge in [-0.3, -0.25) is 9.78 Å². The van der Waals surface area contributed by atoms with Crippen molar-refractivity contribution in [3.05, 3.63) is 63.5 Å². The first-order valence-electron chi connectivity index (χ1n) is 10.7. The van der Waals surface area contributed by atoms with Crippen molar-refractivity contribution in [1.82, 2.24) is 19.9 Å². The van der Waals surface area contributed by atoms with Crippen molar-refractivity contribution in [2.24, 2.45) is 5.41 Å². The summed E-state index contributed by atoms with van der Waals surface area (Å²) in [5.41, 5.74) is 1.72. The van der Waals surface area contributed by atoms with Gasteiger partial charge in [-0.15, -0.1) is 0 Å². The SMILES string of the molecule is CN(C)C(=O)CCc1ccc(Cl)c(-c2nc(-c3ccc(OCC(C)(C)C)cc3)nc(=O)[nH]2)c1. The zero-order chi connectivity index (χ0) is 24.2. The second-order valence-electron chi connectivity index (χ2n) is 9.30. The van der Waals surface area contributed by atoms with Crippen LogP contribution < -0.4 is 10.4 Å². The van der Waals surface area contributed by atoms with Gasteiger partial charge >= 0.3 is 5.69 Å². The van der Waals surface area contributed by atoms with Crippen molar-refractivity contribution in [3.8, 4) is 28.5 Å². The largest absolute Gasteiger partial charge is 0.493 e. The number of hydrogen-bond donors (Lipinski definition) is 1. The molecule has 8 heteroatoms. The van der Waals surface area contributed by atoms with E-state index in [-0.39, 0.29) is 11.3 Å². The summed E-state index contributed by atoms with van der Waals surface area (Å²) in [6.07, 6.45) is 0.933. The molecule has 1 amide bonds. The Kier molecular flexibility index (Phi) is 7.53. The van der Waals surface area contributed by atoms with Crippen LogP contribution in [0.5, 0.6) is 5.75 Å². The molecule has 1 aromatic heterocycles. The van der Waals surface area contributed by atoms with E-state index in [1.54, 1.807) is 25.1 Å². The molecule has 0 saturated heterocycles. The highest BCUT2D eigenvalue weighted by Gasteiger charge is 2.14. The monoisotopic (exact) mass is 468 g/mol. The molecule has 3 aromatic rings. The van der Waals surface area contributed by atoms with Gasteiger partial charge in [0, 0.05) is 31.6 Å². The third kappa shape index (κ3) is 6.89. The number of rotatable bonds is 7. The third-order valence-electron chi connectivity index (χ3n) is 4.85. The highest BCUT2D eigenvalue weighted by atomic mass is 35.5. The van der Waals surface area contributed by atoms with E-state index < -0.39 is 5.69 Å². The lowest BCUT2D eigenvalue weighted by Gasteiger charge is -2.18. The van der Waals surface area contributed by atoms with Gasteiger partial charge in [-0.05, 0) is 53.8 Å². The summed E-state index contributed by atoms with van der Waals surface area (Å²) in [7, 11) is 3.46. The van der Waals surface area contributed by atoms with Crippen molar-refractivity contribution in [1.29, 1.82) is 0 Å². The Bertz CT molecular complexity index is 1180. The van der Waals surface area contributed by atoms with Crippen LogP contribution >= 0.6 is 11.6 Å². The molecule has 0 aliphatic carbocycles. The highest BCUT2D eigenvalue weighted by Crippen LogP contribution is 2.28. The second kappa shape index (κ2) is 10.2. The van der Waals surface area contributed by atoms with Gasteiger partial charge in [-0.2, -0.15) is 4.98 Å². The number of nitrogens with one attached hydrogen (secondary N) is 1. The maximum Gasteiger partial charge on any atom is 0.348 e. The van der Waals surface area contributed by atoms with Gasteiger partial charge in [-0.25, -0.2) is 9.78 Å². The number of aromatic amines is 1.